The van der Waals surface area contributed by atoms with Gasteiger partial charge in [-0.25, -0.2) is 4.79 Å². The van der Waals surface area contributed by atoms with Crippen LogP contribution >= 0.6 is 0 Å². The average Bonchev–Trinajstić information content (AvgIpc) is 3.15. The lowest BCUT2D eigenvalue weighted by molar-refractivity contribution is 0.0662. The van der Waals surface area contributed by atoms with Gasteiger partial charge in [-0.05, 0) is 22.3 Å². The number of ether oxygens (including phenoxy) is 2. The molecule has 0 spiro atoms. The number of amides is 1. The molecule has 2 aliphatic rings. The SMILES string of the molecule is Nc1c(O)cc(OC2CCN(C(=O)OCC3c4ccccc4-c4ccccc43)CC2)cc1O. The first kappa shape index (κ1) is 21.0. The average molecular weight is 447 g/mol. The molecule has 170 valence electrons. The first-order chi connectivity index (χ1) is 16.0. The van der Waals surface area contributed by atoms with Gasteiger partial charge in [0, 0.05) is 44.0 Å². The fraction of sp³-hybridized carbons (Fsp3) is 0.269. The van der Waals surface area contributed by atoms with Gasteiger partial charge in [-0.15, -0.1) is 0 Å². The molecule has 3 aromatic carbocycles. The van der Waals surface area contributed by atoms with Crippen molar-refractivity contribution in [1.82, 2.24) is 4.90 Å². The van der Waals surface area contributed by atoms with Gasteiger partial charge in [-0.3, -0.25) is 0 Å². The van der Waals surface area contributed by atoms with Crippen LogP contribution in [0.25, 0.3) is 11.1 Å². The second-order valence-electron chi connectivity index (χ2n) is 8.48. The maximum absolute atomic E-state index is 12.8. The topological polar surface area (TPSA) is 105 Å². The maximum atomic E-state index is 12.8. The molecule has 0 bridgehead atoms. The zero-order valence-corrected chi connectivity index (χ0v) is 18.1. The number of anilines is 1. The molecule has 1 fully saturated rings. The third-order valence-corrected chi connectivity index (χ3v) is 6.45. The number of rotatable bonds is 4. The van der Waals surface area contributed by atoms with Crippen molar-refractivity contribution in [2.24, 2.45) is 0 Å². The summed E-state index contributed by atoms with van der Waals surface area (Å²) < 4.78 is 11.6. The molecule has 0 unspecified atom stereocenters. The van der Waals surface area contributed by atoms with Crippen LogP contribution in [0.1, 0.15) is 29.9 Å². The Labute approximate surface area is 192 Å². The Morgan fingerprint density at radius 3 is 2.06 bits per heavy atom. The standard InChI is InChI=1S/C26H26N2O5/c27-25-23(29)13-17(14-24(25)30)33-16-9-11-28(12-10-16)26(31)32-15-22-20-7-3-1-5-18(20)19-6-2-4-8-21(19)22/h1-8,13-14,16,22,29-30H,9-12,15,27H2. The van der Waals surface area contributed by atoms with Gasteiger partial charge in [-0.2, -0.15) is 0 Å². The van der Waals surface area contributed by atoms with Crippen LogP contribution < -0.4 is 10.5 Å². The summed E-state index contributed by atoms with van der Waals surface area (Å²) in [5.41, 5.74) is 10.3. The molecule has 1 saturated heterocycles. The minimum absolute atomic E-state index is 0.0353. The first-order valence-corrected chi connectivity index (χ1v) is 11.1. The van der Waals surface area contributed by atoms with E-state index in [-0.39, 0.29) is 35.3 Å². The highest BCUT2D eigenvalue weighted by atomic mass is 16.6. The lowest BCUT2D eigenvalue weighted by Gasteiger charge is -2.32. The number of aromatic hydroxyl groups is 2. The Hall–Kier alpha value is -3.87. The minimum atomic E-state index is -0.321. The highest BCUT2D eigenvalue weighted by molar-refractivity contribution is 5.79. The van der Waals surface area contributed by atoms with Crippen molar-refractivity contribution in [1.29, 1.82) is 0 Å². The maximum Gasteiger partial charge on any atom is 0.409 e. The number of benzene rings is 3. The van der Waals surface area contributed by atoms with E-state index < -0.39 is 0 Å². The zero-order chi connectivity index (χ0) is 22.9. The van der Waals surface area contributed by atoms with Gasteiger partial charge >= 0.3 is 6.09 Å². The van der Waals surface area contributed by atoms with E-state index in [9.17, 15) is 15.0 Å². The zero-order valence-electron chi connectivity index (χ0n) is 18.1. The van der Waals surface area contributed by atoms with Gasteiger partial charge < -0.3 is 30.3 Å². The predicted molar refractivity (Wildman–Crippen MR) is 124 cm³/mol. The van der Waals surface area contributed by atoms with Crippen molar-refractivity contribution in [3.63, 3.8) is 0 Å². The molecule has 7 nitrogen and oxygen atoms in total. The van der Waals surface area contributed by atoms with E-state index in [1.165, 1.54) is 34.4 Å². The Morgan fingerprint density at radius 1 is 0.939 bits per heavy atom. The molecule has 5 rings (SSSR count). The van der Waals surface area contributed by atoms with Gasteiger partial charge in [0.25, 0.3) is 0 Å². The van der Waals surface area contributed by atoms with Crippen molar-refractivity contribution in [2.45, 2.75) is 24.9 Å². The summed E-state index contributed by atoms with van der Waals surface area (Å²) in [6.07, 6.45) is 0.787. The van der Waals surface area contributed by atoms with Gasteiger partial charge in [0.2, 0.25) is 0 Å². The number of carbonyl (C=O) groups is 1. The molecule has 0 saturated carbocycles. The number of hydrogen-bond acceptors (Lipinski definition) is 6. The highest BCUT2D eigenvalue weighted by Gasteiger charge is 2.31. The number of phenolic OH excluding ortho intramolecular Hbond substituents is 2. The third kappa shape index (κ3) is 4.02. The summed E-state index contributed by atoms with van der Waals surface area (Å²) in [5, 5.41) is 19.5. The molecular weight excluding hydrogens is 420 g/mol. The second-order valence-corrected chi connectivity index (χ2v) is 8.48. The second kappa shape index (κ2) is 8.58. The van der Waals surface area contributed by atoms with Crippen molar-refractivity contribution >= 4 is 11.8 Å². The summed E-state index contributed by atoms with van der Waals surface area (Å²) in [5.74, 6) is -0.0611. The molecule has 1 aliphatic carbocycles. The van der Waals surface area contributed by atoms with Crippen LogP contribution in [0.3, 0.4) is 0 Å². The van der Waals surface area contributed by atoms with E-state index in [1.807, 2.05) is 24.3 Å². The fourth-order valence-electron chi connectivity index (χ4n) is 4.70. The number of hydrogen-bond donors (Lipinski definition) is 3. The van der Waals surface area contributed by atoms with E-state index in [1.54, 1.807) is 4.90 Å². The number of phenols is 2. The van der Waals surface area contributed by atoms with Crippen LogP contribution in [0, 0.1) is 0 Å². The largest absolute Gasteiger partial charge is 0.506 e. The highest BCUT2D eigenvalue weighted by Crippen LogP contribution is 2.44. The molecule has 33 heavy (non-hydrogen) atoms. The number of nitrogens with zero attached hydrogens (tertiary/aromatic N) is 1. The van der Waals surface area contributed by atoms with E-state index in [2.05, 4.69) is 24.3 Å². The summed E-state index contributed by atoms with van der Waals surface area (Å²) in [7, 11) is 0. The van der Waals surface area contributed by atoms with Gasteiger partial charge in [0.1, 0.15) is 35.6 Å². The van der Waals surface area contributed by atoms with Crippen LogP contribution in [-0.2, 0) is 4.74 Å². The van der Waals surface area contributed by atoms with Gasteiger partial charge in [0.05, 0.1) is 0 Å². The van der Waals surface area contributed by atoms with Crippen LogP contribution in [0.2, 0.25) is 0 Å². The number of nitrogens with two attached hydrogens (primary N) is 1. The Morgan fingerprint density at radius 2 is 1.48 bits per heavy atom. The summed E-state index contributed by atoms with van der Waals surface area (Å²) >= 11 is 0. The van der Waals surface area contributed by atoms with Gasteiger partial charge in [-0.1, -0.05) is 48.5 Å². The minimum Gasteiger partial charge on any atom is -0.506 e. The quantitative estimate of drug-likeness (QED) is 0.403. The van der Waals surface area contributed by atoms with Crippen molar-refractivity contribution in [3.05, 3.63) is 71.8 Å². The van der Waals surface area contributed by atoms with E-state index >= 15 is 0 Å². The molecule has 0 aromatic heterocycles. The molecule has 0 atom stereocenters. The molecule has 3 aromatic rings. The van der Waals surface area contributed by atoms with Crippen LogP contribution in [0.4, 0.5) is 10.5 Å². The molecule has 1 amide bonds. The van der Waals surface area contributed by atoms with Crippen molar-refractivity contribution in [2.75, 3.05) is 25.4 Å². The molecule has 4 N–H and O–H groups in total. The summed E-state index contributed by atoms with van der Waals surface area (Å²) in [4.78, 5) is 14.5. The molecular formula is C26H26N2O5. The number of piperidine rings is 1. The van der Waals surface area contributed by atoms with E-state index in [4.69, 9.17) is 15.2 Å². The smallest absolute Gasteiger partial charge is 0.409 e. The van der Waals surface area contributed by atoms with Crippen LogP contribution in [0.15, 0.2) is 60.7 Å². The monoisotopic (exact) mass is 446 g/mol. The summed E-state index contributed by atoms with van der Waals surface area (Å²) in [6, 6.07) is 19.3. The lowest BCUT2D eigenvalue weighted by Crippen LogP contribution is -2.42. The van der Waals surface area contributed by atoms with E-state index in [0.29, 0.717) is 38.3 Å². The predicted octanol–water partition coefficient (Wildman–Crippen LogP) is 4.47. The number of likely N-dealkylation sites (tertiary alicyclic amines) is 1. The Bertz CT molecular complexity index is 1120. The Balaban J connectivity index is 1.17. The van der Waals surface area contributed by atoms with Crippen molar-refractivity contribution < 1.29 is 24.5 Å². The number of nitrogen functional groups attached to an aromatic ring is 1. The third-order valence-electron chi connectivity index (χ3n) is 6.45. The lowest BCUT2D eigenvalue weighted by atomic mass is 9.98. The normalized spacial score (nSPS) is 15.7. The first-order valence-electron chi connectivity index (χ1n) is 11.1. The molecule has 1 aliphatic heterocycles. The van der Waals surface area contributed by atoms with E-state index in [0.717, 1.165) is 0 Å². The number of fused-ring (bicyclic) bond motifs is 3. The number of carbonyl (C=O) groups excluding carboxylic acids is 1. The van der Waals surface area contributed by atoms with Crippen molar-refractivity contribution in [3.8, 4) is 28.4 Å². The van der Waals surface area contributed by atoms with Crippen LogP contribution in [0.5, 0.6) is 17.2 Å². The molecule has 7 heteroatoms. The Kier molecular flexibility index (Phi) is 5.46. The summed E-state index contributed by atoms with van der Waals surface area (Å²) in [6.45, 7) is 1.32. The van der Waals surface area contributed by atoms with Crippen LogP contribution in [-0.4, -0.2) is 47.0 Å². The fourth-order valence-corrected chi connectivity index (χ4v) is 4.70. The molecule has 1 heterocycles. The van der Waals surface area contributed by atoms with Gasteiger partial charge in [0.15, 0.2) is 0 Å². The molecule has 0 radical (unpaired) electrons.